The van der Waals surface area contributed by atoms with Crippen LogP contribution in [0.5, 0.6) is 0 Å². The SMILES string of the molecule is N#CCC(N)c1cc(N)nc(N)c1. The summed E-state index contributed by atoms with van der Waals surface area (Å²) in [6, 6.07) is 4.88. The molecular weight excluding hydrogens is 166 g/mol. The standard InChI is InChI=1S/C8H11N5/c9-2-1-6(10)5-3-7(11)13-8(12)4-5/h3-4,6H,1,10H2,(H4,11,12,13). The van der Waals surface area contributed by atoms with E-state index in [0.717, 1.165) is 5.56 Å². The maximum atomic E-state index is 8.43. The van der Waals surface area contributed by atoms with Crippen molar-refractivity contribution in [1.82, 2.24) is 4.98 Å². The van der Waals surface area contributed by atoms with Crippen LogP contribution in [0.15, 0.2) is 12.1 Å². The number of nitriles is 1. The molecule has 0 aromatic carbocycles. The molecule has 0 aliphatic heterocycles. The second kappa shape index (κ2) is 3.74. The normalized spacial score (nSPS) is 12.0. The van der Waals surface area contributed by atoms with E-state index in [4.69, 9.17) is 22.5 Å². The summed E-state index contributed by atoms with van der Waals surface area (Å²) in [4.78, 5) is 3.79. The molecule has 1 unspecified atom stereocenters. The van der Waals surface area contributed by atoms with Gasteiger partial charge in [-0.25, -0.2) is 4.98 Å². The molecular formula is C8H11N5. The van der Waals surface area contributed by atoms with Gasteiger partial charge in [0.25, 0.3) is 0 Å². The minimum absolute atomic E-state index is 0.239. The van der Waals surface area contributed by atoms with E-state index in [1.165, 1.54) is 0 Å². The first kappa shape index (κ1) is 9.29. The molecule has 1 aromatic rings. The predicted octanol–water partition coefficient (Wildman–Crippen LogP) is 0.159. The molecule has 0 saturated heterocycles. The smallest absolute Gasteiger partial charge is 0.126 e. The Morgan fingerprint density at radius 1 is 1.38 bits per heavy atom. The Labute approximate surface area is 76.2 Å². The summed E-state index contributed by atoms with van der Waals surface area (Å²) >= 11 is 0. The van der Waals surface area contributed by atoms with Gasteiger partial charge in [0, 0.05) is 6.04 Å². The molecule has 0 spiro atoms. The molecule has 5 heteroatoms. The average Bonchev–Trinajstić information content (AvgIpc) is 2.03. The fraction of sp³-hybridized carbons (Fsp3) is 0.250. The van der Waals surface area contributed by atoms with Crippen LogP contribution in [0.3, 0.4) is 0 Å². The molecule has 0 aliphatic carbocycles. The molecule has 0 aliphatic rings. The van der Waals surface area contributed by atoms with Gasteiger partial charge in [-0.05, 0) is 17.7 Å². The molecule has 68 valence electrons. The zero-order valence-corrected chi connectivity index (χ0v) is 7.07. The quantitative estimate of drug-likeness (QED) is 0.595. The van der Waals surface area contributed by atoms with Gasteiger partial charge >= 0.3 is 0 Å². The molecule has 1 heterocycles. The third kappa shape index (κ3) is 2.32. The van der Waals surface area contributed by atoms with Gasteiger partial charge in [-0.15, -0.1) is 0 Å². The number of pyridine rings is 1. The zero-order valence-electron chi connectivity index (χ0n) is 7.07. The molecule has 0 radical (unpaired) electrons. The molecule has 6 N–H and O–H groups in total. The summed E-state index contributed by atoms with van der Waals surface area (Å²) in [6.07, 6.45) is 0.239. The number of nitrogen functional groups attached to an aromatic ring is 2. The van der Waals surface area contributed by atoms with E-state index in [-0.39, 0.29) is 12.5 Å². The molecule has 1 rings (SSSR count). The van der Waals surface area contributed by atoms with Crippen LogP contribution in [-0.2, 0) is 0 Å². The Kier molecular flexibility index (Phi) is 2.67. The highest BCUT2D eigenvalue weighted by Gasteiger charge is 2.06. The first-order chi connectivity index (χ1) is 6.13. The largest absolute Gasteiger partial charge is 0.384 e. The number of nitrogens with zero attached hydrogens (tertiary/aromatic N) is 2. The van der Waals surface area contributed by atoms with E-state index in [1.54, 1.807) is 12.1 Å². The summed E-state index contributed by atoms with van der Waals surface area (Å²) in [5.74, 6) is 0.645. The topological polar surface area (TPSA) is 115 Å². The first-order valence-electron chi connectivity index (χ1n) is 3.79. The second-order valence-electron chi connectivity index (χ2n) is 2.72. The highest BCUT2D eigenvalue weighted by Crippen LogP contribution is 2.17. The summed E-state index contributed by atoms with van der Waals surface area (Å²) in [5.41, 5.74) is 17.4. The van der Waals surface area contributed by atoms with Gasteiger partial charge in [-0.3, -0.25) is 0 Å². The Balaban J connectivity index is 2.95. The van der Waals surface area contributed by atoms with E-state index >= 15 is 0 Å². The van der Waals surface area contributed by atoms with Gasteiger partial charge in [0.2, 0.25) is 0 Å². The summed E-state index contributed by atoms with van der Waals surface area (Å²) in [5, 5.41) is 8.43. The molecule has 0 amide bonds. The highest BCUT2D eigenvalue weighted by atomic mass is 14.9. The third-order valence-corrected chi connectivity index (χ3v) is 1.63. The Hall–Kier alpha value is -1.80. The lowest BCUT2D eigenvalue weighted by Gasteiger charge is -2.08. The Morgan fingerprint density at radius 2 is 1.92 bits per heavy atom. The molecule has 13 heavy (non-hydrogen) atoms. The Morgan fingerprint density at radius 3 is 2.38 bits per heavy atom. The van der Waals surface area contributed by atoms with E-state index in [1.807, 2.05) is 6.07 Å². The number of aromatic nitrogens is 1. The van der Waals surface area contributed by atoms with Crippen molar-refractivity contribution in [1.29, 1.82) is 5.26 Å². The number of anilines is 2. The summed E-state index contributed by atoms with van der Waals surface area (Å²) < 4.78 is 0. The van der Waals surface area contributed by atoms with Crippen LogP contribution >= 0.6 is 0 Å². The predicted molar refractivity (Wildman–Crippen MR) is 50.2 cm³/mol. The minimum Gasteiger partial charge on any atom is -0.384 e. The van der Waals surface area contributed by atoms with Crippen molar-refractivity contribution in [2.24, 2.45) is 5.73 Å². The second-order valence-corrected chi connectivity index (χ2v) is 2.72. The van der Waals surface area contributed by atoms with Gasteiger partial charge in [-0.1, -0.05) is 0 Å². The fourth-order valence-corrected chi connectivity index (χ4v) is 1.03. The maximum Gasteiger partial charge on any atom is 0.126 e. The lowest BCUT2D eigenvalue weighted by atomic mass is 10.1. The van der Waals surface area contributed by atoms with Crippen LogP contribution in [0.25, 0.3) is 0 Å². The zero-order chi connectivity index (χ0) is 9.84. The average molecular weight is 177 g/mol. The van der Waals surface area contributed by atoms with Gasteiger partial charge in [-0.2, -0.15) is 5.26 Å². The van der Waals surface area contributed by atoms with Crippen molar-refractivity contribution in [3.05, 3.63) is 17.7 Å². The van der Waals surface area contributed by atoms with Gasteiger partial charge in [0.05, 0.1) is 12.5 Å². The number of rotatable bonds is 2. The Bertz CT molecular complexity index is 321. The van der Waals surface area contributed by atoms with Crippen molar-refractivity contribution in [2.75, 3.05) is 11.5 Å². The monoisotopic (exact) mass is 177 g/mol. The van der Waals surface area contributed by atoms with Crippen molar-refractivity contribution >= 4 is 11.6 Å². The van der Waals surface area contributed by atoms with Gasteiger partial charge in [0.1, 0.15) is 11.6 Å². The van der Waals surface area contributed by atoms with Crippen LogP contribution in [-0.4, -0.2) is 4.98 Å². The molecule has 0 saturated carbocycles. The van der Waals surface area contributed by atoms with Crippen molar-refractivity contribution < 1.29 is 0 Å². The van der Waals surface area contributed by atoms with Gasteiger partial charge < -0.3 is 17.2 Å². The van der Waals surface area contributed by atoms with E-state index in [0.29, 0.717) is 11.6 Å². The van der Waals surface area contributed by atoms with Crippen molar-refractivity contribution in [3.8, 4) is 6.07 Å². The van der Waals surface area contributed by atoms with Crippen molar-refractivity contribution in [2.45, 2.75) is 12.5 Å². The number of hydrogen-bond acceptors (Lipinski definition) is 5. The third-order valence-electron chi connectivity index (χ3n) is 1.63. The summed E-state index contributed by atoms with van der Waals surface area (Å²) in [7, 11) is 0. The first-order valence-corrected chi connectivity index (χ1v) is 3.79. The lowest BCUT2D eigenvalue weighted by molar-refractivity contribution is 0.748. The minimum atomic E-state index is -0.349. The molecule has 0 bridgehead atoms. The van der Waals surface area contributed by atoms with Crippen LogP contribution in [0.4, 0.5) is 11.6 Å². The highest BCUT2D eigenvalue weighted by molar-refractivity contribution is 5.44. The number of nitrogens with two attached hydrogens (primary N) is 3. The maximum absolute atomic E-state index is 8.43. The van der Waals surface area contributed by atoms with E-state index < -0.39 is 0 Å². The van der Waals surface area contributed by atoms with Gasteiger partial charge in [0.15, 0.2) is 0 Å². The number of hydrogen-bond donors (Lipinski definition) is 3. The van der Waals surface area contributed by atoms with Crippen molar-refractivity contribution in [3.63, 3.8) is 0 Å². The molecule has 0 fully saturated rings. The molecule has 1 aromatic heterocycles. The van der Waals surface area contributed by atoms with E-state index in [9.17, 15) is 0 Å². The lowest BCUT2D eigenvalue weighted by Crippen LogP contribution is -2.11. The van der Waals surface area contributed by atoms with Crippen LogP contribution < -0.4 is 17.2 Å². The molecule has 5 nitrogen and oxygen atoms in total. The van der Waals surface area contributed by atoms with Crippen LogP contribution in [0, 0.1) is 11.3 Å². The van der Waals surface area contributed by atoms with Crippen LogP contribution in [0.2, 0.25) is 0 Å². The van der Waals surface area contributed by atoms with E-state index in [2.05, 4.69) is 4.98 Å². The fourth-order valence-electron chi connectivity index (χ4n) is 1.03. The summed E-state index contributed by atoms with van der Waals surface area (Å²) in [6.45, 7) is 0. The molecule has 1 atom stereocenters. The van der Waals surface area contributed by atoms with Crippen LogP contribution in [0.1, 0.15) is 18.0 Å².